The molecule has 0 fully saturated rings. The molecule has 1 aliphatic heterocycles. The Hall–Kier alpha value is -4.43. The Bertz CT molecular complexity index is 1360. The summed E-state index contributed by atoms with van der Waals surface area (Å²) >= 11 is 0. The van der Waals surface area contributed by atoms with Gasteiger partial charge in [-0.05, 0) is 67.3 Å². The van der Waals surface area contributed by atoms with Gasteiger partial charge >= 0.3 is 5.97 Å². The average Bonchev–Trinajstić information content (AvgIpc) is 3.06. The van der Waals surface area contributed by atoms with Crippen LogP contribution in [0.25, 0.3) is 0 Å². The van der Waals surface area contributed by atoms with E-state index in [2.05, 4.69) is 10.6 Å². The maximum Gasteiger partial charge on any atom is 0.309 e. The van der Waals surface area contributed by atoms with Crippen molar-refractivity contribution in [2.75, 3.05) is 19.8 Å². The molecule has 4 rings (SSSR count). The molecule has 0 saturated heterocycles. The van der Waals surface area contributed by atoms with Crippen molar-refractivity contribution in [3.05, 3.63) is 114 Å². The fourth-order valence-electron chi connectivity index (χ4n) is 5.35. The molecular weight excluding hydrogens is 568 g/mol. The molecule has 45 heavy (non-hydrogen) atoms. The van der Waals surface area contributed by atoms with E-state index < -0.39 is 12.0 Å². The topological polar surface area (TPSA) is 114 Å². The maximum absolute atomic E-state index is 13.0. The van der Waals surface area contributed by atoms with Crippen LogP contribution in [0.1, 0.15) is 48.8 Å². The van der Waals surface area contributed by atoms with Crippen LogP contribution in [0.15, 0.2) is 97.1 Å². The number of nitrogens with one attached hydrogen (secondary N) is 2. The lowest BCUT2D eigenvalue weighted by Crippen LogP contribution is -2.42. The molecule has 0 aromatic heterocycles. The average molecular weight is 613 g/mol. The second kappa shape index (κ2) is 18.4. The smallest absolute Gasteiger partial charge is 0.309 e. The van der Waals surface area contributed by atoms with E-state index >= 15 is 0 Å². The molecule has 0 radical (unpaired) electrons. The molecular formula is C37H44N2O6. The quantitative estimate of drug-likeness (QED) is 0.209. The minimum atomic E-state index is -0.578. The van der Waals surface area contributed by atoms with Crippen LogP contribution in [0.5, 0.6) is 5.75 Å². The van der Waals surface area contributed by atoms with Gasteiger partial charge in [-0.25, -0.2) is 0 Å². The first kappa shape index (κ1) is 33.5. The highest BCUT2D eigenvalue weighted by atomic mass is 16.5. The zero-order valence-corrected chi connectivity index (χ0v) is 25.7. The number of cyclic esters (lactones) is 1. The number of aliphatic hydroxyl groups excluding tert-OH is 1. The van der Waals surface area contributed by atoms with Gasteiger partial charge < -0.3 is 25.2 Å². The normalized spacial score (nSPS) is 18.6. The van der Waals surface area contributed by atoms with Gasteiger partial charge in [-0.15, -0.1) is 0 Å². The number of aliphatic hydroxyl groups is 1. The summed E-state index contributed by atoms with van der Waals surface area (Å²) in [5.74, 6) is -0.902. The summed E-state index contributed by atoms with van der Waals surface area (Å²) in [5.41, 5.74) is 3.12. The van der Waals surface area contributed by atoms with Crippen molar-refractivity contribution in [3.8, 4) is 5.75 Å². The predicted octanol–water partition coefficient (Wildman–Crippen LogP) is 4.94. The highest BCUT2D eigenvalue weighted by Gasteiger charge is 2.24. The minimum absolute atomic E-state index is 0.0160. The number of esters is 1. The zero-order chi connectivity index (χ0) is 31.7. The molecule has 1 heterocycles. The second-order valence-corrected chi connectivity index (χ2v) is 11.5. The van der Waals surface area contributed by atoms with Gasteiger partial charge in [0.05, 0.1) is 31.0 Å². The van der Waals surface area contributed by atoms with Crippen LogP contribution < -0.4 is 15.4 Å². The summed E-state index contributed by atoms with van der Waals surface area (Å²) in [4.78, 5) is 38.8. The van der Waals surface area contributed by atoms with E-state index in [-0.39, 0.29) is 49.9 Å². The summed E-state index contributed by atoms with van der Waals surface area (Å²) in [6, 6.07) is 26.9. The number of hydrogen-bond acceptors (Lipinski definition) is 6. The van der Waals surface area contributed by atoms with E-state index in [9.17, 15) is 19.5 Å². The summed E-state index contributed by atoms with van der Waals surface area (Å²) in [6.07, 6.45) is 7.71. The van der Waals surface area contributed by atoms with E-state index in [4.69, 9.17) is 9.47 Å². The molecule has 8 nitrogen and oxygen atoms in total. The molecule has 0 spiro atoms. The summed E-state index contributed by atoms with van der Waals surface area (Å²) in [6.45, 7) is 0.493. The molecule has 0 saturated carbocycles. The zero-order valence-electron chi connectivity index (χ0n) is 25.7. The van der Waals surface area contributed by atoms with Crippen LogP contribution in [-0.2, 0) is 38.6 Å². The second-order valence-electron chi connectivity index (χ2n) is 11.5. The van der Waals surface area contributed by atoms with Crippen molar-refractivity contribution < 1.29 is 29.0 Å². The van der Waals surface area contributed by atoms with Crippen LogP contribution in [-0.4, -0.2) is 48.7 Å². The molecule has 3 aromatic rings. The molecule has 3 aromatic carbocycles. The van der Waals surface area contributed by atoms with Gasteiger partial charge in [-0.1, -0.05) is 84.9 Å². The van der Waals surface area contributed by atoms with Crippen molar-refractivity contribution in [1.29, 1.82) is 0 Å². The van der Waals surface area contributed by atoms with Gasteiger partial charge in [-0.3, -0.25) is 14.4 Å². The maximum atomic E-state index is 13.0. The van der Waals surface area contributed by atoms with Crippen molar-refractivity contribution in [1.82, 2.24) is 10.6 Å². The predicted molar refractivity (Wildman–Crippen MR) is 173 cm³/mol. The van der Waals surface area contributed by atoms with Gasteiger partial charge in [0.25, 0.3) is 0 Å². The third-order valence-corrected chi connectivity index (χ3v) is 7.86. The first-order chi connectivity index (χ1) is 22.0. The van der Waals surface area contributed by atoms with Crippen molar-refractivity contribution in [3.63, 3.8) is 0 Å². The number of allylic oxidation sites excluding steroid dienone is 2. The monoisotopic (exact) mass is 612 g/mol. The van der Waals surface area contributed by atoms with Crippen molar-refractivity contribution >= 4 is 17.8 Å². The summed E-state index contributed by atoms with van der Waals surface area (Å²) in [7, 11) is 0. The molecule has 1 aliphatic rings. The SMILES string of the molecule is O=C(CC1CC=CCCCC(Cc2ccccc2)C(=O)OCCNC1=O)NC(CO)Cc1ccc(OCc2ccccc2)cc1. The molecule has 3 atom stereocenters. The number of carbonyl (C=O) groups excluding carboxylic acids is 3. The number of rotatable bonds is 11. The summed E-state index contributed by atoms with van der Waals surface area (Å²) < 4.78 is 11.4. The van der Waals surface area contributed by atoms with E-state index in [1.807, 2.05) is 97.1 Å². The third kappa shape index (κ3) is 11.9. The lowest BCUT2D eigenvalue weighted by atomic mass is 9.93. The first-order valence-electron chi connectivity index (χ1n) is 15.8. The molecule has 2 amide bonds. The van der Waals surface area contributed by atoms with Gasteiger partial charge in [0.15, 0.2) is 0 Å². The van der Waals surface area contributed by atoms with E-state index in [1.54, 1.807) is 0 Å². The largest absolute Gasteiger partial charge is 0.489 e. The van der Waals surface area contributed by atoms with Crippen LogP contribution >= 0.6 is 0 Å². The van der Waals surface area contributed by atoms with Crippen molar-refractivity contribution in [2.24, 2.45) is 11.8 Å². The van der Waals surface area contributed by atoms with E-state index in [0.717, 1.165) is 35.3 Å². The van der Waals surface area contributed by atoms with Gasteiger partial charge in [0.1, 0.15) is 19.0 Å². The fourth-order valence-corrected chi connectivity index (χ4v) is 5.35. The van der Waals surface area contributed by atoms with Crippen molar-refractivity contribution in [2.45, 2.75) is 57.6 Å². The molecule has 238 valence electrons. The lowest BCUT2D eigenvalue weighted by molar-refractivity contribution is -0.149. The fraction of sp³-hybridized carbons (Fsp3) is 0.378. The molecule has 0 aliphatic carbocycles. The molecule has 3 unspecified atom stereocenters. The molecule has 3 N–H and O–H groups in total. The Morgan fingerprint density at radius 1 is 0.911 bits per heavy atom. The number of amides is 2. The number of hydrogen-bond donors (Lipinski definition) is 3. The Morgan fingerprint density at radius 2 is 1.62 bits per heavy atom. The summed E-state index contributed by atoms with van der Waals surface area (Å²) in [5, 5.41) is 15.7. The molecule has 0 bridgehead atoms. The Labute approximate surface area is 265 Å². The Balaban J connectivity index is 1.26. The van der Waals surface area contributed by atoms with Gasteiger partial charge in [0.2, 0.25) is 11.8 Å². The highest BCUT2D eigenvalue weighted by molar-refractivity contribution is 5.86. The van der Waals surface area contributed by atoms with Crippen LogP contribution in [0.2, 0.25) is 0 Å². The Morgan fingerprint density at radius 3 is 2.33 bits per heavy atom. The highest BCUT2D eigenvalue weighted by Crippen LogP contribution is 2.19. The first-order valence-corrected chi connectivity index (χ1v) is 15.8. The minimum Gasteiger partial charge on any atom is -0.489 e. The van der Waals surface area contributed by atoms with E-state index in [1.165, 1.54) is 0 Å². The Kier molecular flexibility index (Phi) is 13.7. The molecule has 8 heteroatoms. The van der Waals surface area contributed by atoms with E-state index in [0.29, 0.717) is 32.3 Å². The van der Waals surface area contributed by atoms with Gasteiger partial charge in [-0.2, -0.15) is 0 Å². The van der Waals surface area contributed by atoms with Gasteiger partial charge in [0, 0.05) is 6.42 Å². The lowest BCUT2D eigenvalue weighted by Gasteiger charge is -2.20. The van der Waals surface area contributed by atoms with Crippen LogP contribution in [0, 0.1) is 11.8 Å². The number of ether oxygens (including phenoxy) is 2. The van der Waals surface area contributed by atoms with Crippen LogP contribution in [0.4, 0.5) is 0 Å². The van der Waals surface area contributed by atoms with Crippen LogP contribution in [0.3, 0.4) is 0 Å². The third-order valence-electron chi connectivity index (χ3n) is 7.86. The number of benzene rings is 3. The standard InChI is InChI=1S/C37H44N2O6/c40-26-33(24-29-17-19-34(20-18-29)45-27-30-13-7-4-8-14-30)39-35(41)25-31-15-9-1-2-10-16-32(23-28-11-5-3-6-12-28)37(43)44-22-21-38-36(31)42/h1,3-9,11-14,17-20,31-33,40H,2,10,15-16,21-27H2,(H,38,42)(H,39,41). The number of carbonyl (C=O) groups is 3.